The summed E-state index contributed by atoms with van der Waals surface area (Å²) in [4.78, 5) is 13.1. The molecule has 1 fully saturated rings. The molecular formula is C8H16N2O2. The normalized spacial score (nSPS) is 23.2. The van der Waals surface area contributed by atoms with Gasteiger partial charge in [0.05, 0.1) is 0 Å². The molecule has 0 aliphatic carbocycles. The number of nitrogens with zero attached hydrogens (tertiary/aromatic N) is 1. The molecule has 0 bridgehead atoms. The molecule has 12 heavy (non-hydrogen) atoms. The van der Waals surface area contributed by atoms with Crippen LogP contribution in [0, 0.1) is 5.92 Å². The molecule has 0 radical (unpaired) electrons. The van der Waals surface area contributed by atoms with Gasteiger partial charge in [-0.1, -0.05) is 0 Å². The average Bonchev–Trinajstić information content (AvgIpc) is 2.52. The first kappa shape index (κ1) is 9.48. The molecule has 1 amide bonds. The maximum atomic E-state index is 11.3. The minimum Gasteiger partial charge on any atom is -0.375 e. The Balaban J connectivity index is 2.31. The number of hydrogen-bond donors (Lipinski definition) is 1. The van der Waals surface area contributed by atoms with Gasteiger partial charge >= 0.3 is 0 Å². The van der Waals surface area contributed by atoms with E-state index in [4.69, 9.17) is 10.5 Å². The Morgan fingerprint density at radius 2 is 2.50 bits per heavy atom. The molecule has 70 valence electrons. The van der Waals surface area contributed by atoms with Crippen LogP contribution < -0.4 is 5.73 Å². The first-order valence-electron chi connectivity index (χ1n) is 4.24. The summed E-state index contributed by atoms with van der Waals surface area (Å²) in [7, 11) is 1.54. The van der Waals surface area contributed by atoms with E-state index in [2.05, 4.69) is 0 Å². The van der Waals surface area contributed by atoms with Crippen molar-refractivity contribution in [2.24, 2.45) is 11.7 Å². The van der Waals surface area contributed by atoms with Gasteiger partial charge in [0.2, 0.25) is 5.91 Å². The lowest BCUT2D eigenvalue weighted by atomic mass is 10.1. The number of amides is 1. The zero-order chi connectivity index (χ0) is 8.97. The van der Waals surface area contributed by atoms with Crippen LogP contribution in [0.1, 0.15) is 6.42 Å². The van der Waals surface area contributed by atoms with Gasteiger partial charge in [-0.2, -0.15) is 0 Å². The lowest BCUT2D eigenvalue weighted by Crippen LogP contribution is -2.32. The summed E-state index contributed by atoms with van der Waals surface area (Å²) in [6.45, 7) is 2.51. The molecule has 0 aromatic carbocycles. The highest BCUT2D eigenvalue weighted by Crippen LogP contribution is 2.14. The van der Waals surface area contributed by atoms with E-state index in [1.54, 1.807) is 0 Å². The molecule has 0 aromatic rings. The van der Waals surface area contributed by atoms with E-state index in [0.717, 1.165) is 19.5 Å². The van der Waals surface area contributed by atoms with Gasteiger partial charge in [0, 0.05) is 20.2 Å². The van der Waals surface area contributed by atoms with E-state index < -0.39 is 0 Å². The molecular weight excluding hydrogens is 156 g/mol. The van der Waals surface area contributed by atoms with E-state index in [1.165, 1.54) is 7.11 Å². The van der Waals surface area contributed by atoms with Crippen molar-refractivity contribution in [1.29, 1.82) is 0 Å². The van der Waals surface area contributed by atoms with Gasteiger partial charge in [0.15, 0.2) is 0 Å². The summed E-state index contributed by atoms with van der Waals surface area (Å²) in [5.41, 5.74) is 5.50. The largest absolute Gasteiger partial charge is 0.375 e. The molecule has 4 heteroatoms. The molecule has 1 atom stereocenters. The van der Waals surface area contributed by atoms with E-state index in [1.807, 2.05) is 4.90 Å². The fourth-order valence-corrected chi connectivity index (χ4v) is 1.47. The number of hydrogen-bond acceptors (Lipinski definition) is 3. The molecule has 0 aromatic heterocycles. The van der Waals surface area contributed by atoms with E-state index in [9.17, 15) is 4.79 Å². The van der Waals surface area contributed by atoms with Gasteiger partial charge < -0.3 is 15.4 Å². The molecule has 1 aliphatic rings. The van der Waals surface area contributed by atoms with Crippen LogP contribution in [0.15, 0.2) is 0 Å². The Labute approximate surface area is 72.7 Å². The van der Waals surface area contributed by atoms with Crippen LogP contribution in [-0.4, -0.2) is 44.2 Å². The third kappa shape index (κ3) is 2.19. The van der Waals surface area contributed by atoms with Gasteiger partial charge in [0.25, 0.3) is 0 Å². The Morgan fingerprint density at radius 1 is 1.75 bits per heavy atom. The van der Waals surface area contributed by atoms with Crippen molar-refractivity contribution in [3.63, 3.8) is 0 Å². The Kier molecular flexibility index (Phi) is 3.49. The summed E-state index contributed by atoms with van der Waals surface area (Å²) in [5, 5.41) is 0. The second-order valence-electron chi connectivity index (χ2n) is 3.16. The zero-order valence-electron chi connectivity index (χ0n) is 7.45. The predicted octanol–water partition coefficient (Wildman–Crippen LogP) is -0.560. The fraction of sp³-hybridized carbons (Fsp3) is 0.875. The van der Waals surface area contributed by atoms with Crippen LogP contribution in [0.4, 0.5) is 0 Å². The van der Waals surface area contributed by atoms with Gasteiger partial charge in [-0.05, 0) is 18.9 Å². The number of methoxy groups -OCH3 is 1. The molecule has 1 heterocycles. The summed E-state index contributed by atoms with van der Waals surface area (Å²) in [5.74, 6) is 0.569. The maximum absolute atomic E-state index is 11.3. The van der Waals surface area contributed by atoms with Crippen LogP contribution >= 0.6 is 0 Å². The highest BCUT2D eigenvalue weighted by Gasteiger charge is 2.24. The number of ether oxygens (including phenoxy) is 1. The molecule has 1 saturated heterocycles. The third-order valence-corrected chi connectivity index (χ3v) is 2.24. The maximum Gasteiger partial charge on any atom is 0.248 e. The van der Waals surface area contributed by atoms with Crippen molar-refractivity contribution in [1.82, 2.24) is 4.90 Å². The SMILES string of the molecule is COCC(=O)N1CCC(CN)C1. The number of carbonyl (C=O) groups is 1. The van der Waals surface area contributed by atoms with Crippen LogP contribution in [0.25, 0.3) is 0 Å². The molecule has 2 N–H and O–H groups in total. The monoisotopic (exact) mass is 172 g/mol. The van der Waals surface area contributed by atoms with Gasteiger partial charge in [-0.3, -0.25) is 4.79 Å². The van der Waals surface area contributed by atoms with Crippen molar-refractivity contribution in [3.8, 4) is 0 Å². The highest BCUT2D eigenvalue weighted by atomic mass is 16.5. The quantitative estimate of drug-likeness (QED) is 0.621. The fourth-order valence-electron chi connectivity index (χ4n) is 1.47. The van der Waals surface area contributed by atoms with Crippen LogP contribution in [-0.2, 0) is 9.53 Å². The molecule has 0 saturated carbocycles. The third-order valence-electron chi connectivity index (χ3n) is 2.24. The highest BCUT2D eigenvalue weighted by molar-refractivity contribution is 5.77. The molecule has 1 unspecified atom stereocenters. The van der Waals surface area contributed by atoms with Gasteiger partial charge in [-0.15, -0.1) is 0 Å². The Hall–Kier alpha value is -0.610. The number of likely N-dealkylation sites (tertiary alicyclic amines) is 1. The van der Waals surface area contributed by atoms with Crippen LogP contribution in [0.3, 0.4) is 0 Å². The molecule has 1 rings (SSSR count). The second kappa shape index (κ2) is 4.42. The van der Waals surface area contributed by atoms with Crippen molar-refractivity contribution >= 4 is 5.91 Å². The van der Waals surface area contributed by atoms with E-state index in [0.29, 0.717) is 12.5 Å². The van der Waals surface area contributed by atoms with Gasteiger partial charge in [0.1, 0.15) is 6.61 Å². The summed E-state index contributed by atoms with van der Waals surface area (Å²) in [6.07, 6.45) is 1.03. The Morgan fingerprint density at radius 3 is 3.00 bits per heavy atom. The lowest BCUT2D eigenvalue weighted by Gasteiger charge is -2.15. The predicted molar refractivity (Wildman–Crippen MR) is 45.6 cm³/mol. The first-order chi connectivity index (χ1) is 5.77. The topological polar surface area (TPSA) is 55.6 Å². The first-order valence-corrected chi connectivity index (χ1v) is 4.24. The Bertz CT molecular complexity index is 161. The van der Waals surface area contributed by atoms with Gasteiger partial charge in [-0.25, -0.2) is 0 Å². The molecule has 4 nitrogen and oxygen atoms in total. The lowest BCUT2D eigenvalue weighted by molar-refractivity contribution is -0.134. The van der Waals surface area contributed by atoms with Crippen LogP contribution in [0.5, 0.6) is 0 Å². The minimum atomic E-state index is 0.0773. The standard InChI is InChI=1S/C8H16N2O2/c1-12-6-8(11)10-3-2-7(4-9)5-10/h7H,2-6,9H2,1H3. The second-order valence-corrected chi connectivity index (χ2v) is 3.16. The van der Waals surface area contributed by atoms with E-state index >= 15 is 0 Å². The average molecular weight is 172 g/mol. The number of nitrogens with two attached hydrogens (primary N) is 1. The van der Waals surface area contributed by atoms with E-state index in [-0.39, 0.29) is 12.5 Å². The smallest absolute Gasteiger partial charge is 0.248 e. The molecule has 0 spiro atoms. The van der Waals surface area contributed by atoms with Crippen LogP contribution in [0.2, 0.25) is 0 Å². The number of rotatable bonds is 3. The molecule has 1 aliphatic heterocycles. The number of carbonyl (C=O) groups excluding carboxylic acids is 1. The van der Waals surface area contributed by atoms with Crippen molar-refractivity contribution in [2.45, 2.75) is 6.42 Å². The summed E-state index contributed by atoms with van der Waals surface area (Å²) in [6, 6.07) is 0. The summed E-state index contributed by atoms with van der Waals surface area (Å²) < 4.78 is 4.76. The van der Waals surface area contributed by atoms with Crippen molar-refractivity contribution in [2.75, 3.05) is 33.4 Å². The van der Waals surface area contributed by atoms with Crippen molar-refractivity contribution < 1.29 is 9.53 Å². The zero-order valence-corrected chi connectivity index (χ0v) is 7.45. The van der Waals surface area contributed by atoms with Crippen molar-refractivity contribution in [3.05, 3.63) is 0 Å². The minimum absolute atomic E-state index is 0.0773. The summed E-state index contributed by atoms with van der Waals surface area (Å²) >= 11 is 0.